The van der Waals surface area contributed by atoms with Crippen LogP contribution in [0.4, 0.5) is 0 Å². The molecule has 4 heteroatoms. The van der Waals surface area contributed by atoms with Crippen LogP contribution in [0.5, 0.6) is 0 Å². The van der Waals surface area contributed by atoms with Crippen molar-refractivity contribution in [2.45, 2.75) is 102 Å². The molecule has 2 aromatic carbocycles. The highest BCUT2D eigenvalue weighted by molar-refractivity contribution is 5.94. The van der Waals surface area contributed by atoms with Crippen molar-refractivity contribution in [3.05, 3.63) is 83.4 Å². The summed E-state index contributed by atoms with van der Waals surface area (Å²) in [6, 6.07) is 19.4. The third-order valence-electron chi connectivity index (χ3n) is 9.20. The molecule has 1 aliphatic carbocycles. The van der Waals surface area contributed by atoms with E-state index in [1.807, 2.05) is 0 Å². The van der Waals surface area contributed by atoms with Crippen molar-refractivity contribution in [1.82, 2.24) is 15.1 Å². The van der Waals surface area contributed by atoms with Crippen molar-refractivity contribution < 1.29 is 4.79 Å². The largest absolute Gasteiger partial charge is 0.349 e. The Morgan fingerprint density at radius 1 is 0.947 bits per heavy atom. The van der Waals surface area contributed by atoms with E-state index < -0.39 is 0 Å². The summed E-state index contributed by atoms with van der Waals surface area (Å²) < 4.78 is 0. The predicted molar refractivity (Wildman–Crippen MR) is 158 cm³/mol. The van der Waals surface area contributed by atoms with Gasteiger partial charge in [0.2, 0.25) is 0 Å². The summed E-state index contributed by atoms with van der Waals surface area (Å²) in [6.07, 6.45) is 15.4. The average Bonchev–Trinajstić information content (AvgIpc) is 3.25. The summed E-state index contributed by atoms with van der Waals surface area (Å²) in [4.78, 5) is 18.6. The molecule has 3 fully saturated rings. The van der Waals surface area contributed by atoms with Gasteiger partial charge in [-0.15, -0.1) is 6.58 Å². The standard InChI is InChI=1S/C34H47N3O/c1-3-22-36-23-21-31-15-10-16-32(25-36)37(31)33(29-12-9-11-26(4-2)24-29)27-17-19-28(20-18-27)34(38)35-30-13-7-5-6-8-14-30/h3,9,11-12,17-20,24,30-33H,1,4-8,10,13-16,21-23,25H2,2H3,(H,35,38). The smallest absolute Gasteiger partial charge is 0.251 e. The first-order valence-electron chi connectivity index (χ1n) is 15.3. The van der Waals surface area contributed by atoms with Crippen LogP contribution in [0.15, 0.2) is 61.2 Å². The van der Waals surface area contributed by atoms with Gasteiger partial charge in [-0.2, -0.15) is 0 Å². The summed E-state index contributed by atoms with van der Waals surface area (Å²) in [6.45, 7) is 9.48. The van der Waals surface area contributed by atoms with Gasteiger partial charge < -0.3 is 5.32 Å². The molecule has 2 heterocycles. The van der Waals surface area contributed by atoms with Crippen LogP contribution in [-0.2, 0) is 6.42 Å². The van der Waals surface area contributed by atoms with Crippen LogP contribution in [0.2, 0.25) is 0 Å². The fourth-order valence-corrected chi connectivity index (χ4v) is 7.18. The molecule has 5 rings (SSSR count). The fourth-order valence-electron chi connectivity index (χ4n) is 7.18. The van der Waals surface area contributed by atoms with E-state index in [4.69, 9.17) is 0 Å². The molecule has 2 aromatic rings. The van der Waals surface area contributed by atoms with Crippen LogP contribution >= 0.6 is 0 Å². The van der Waals surface area contributed by atoms with Gasteiger partial charge in [0.05, 0.1) is 6.04 Å². The Labute approximate surface area is 230 Å². The van der Waals surface area contributed by atoms with Gasteiger partial charge in [-0.05, 0) is 67.3 Å². The van der Waals surface area contributed by atoms with E-state index >= 15 is 0 Å². The molecule has 0 radical (unpaired) electrons. The number of carbonyl (C=O) groups excluding carboxylic acids is 1. The quantitative estimate of drug-likeness (QED) is 0.308. The summed E-state index contributed by atoms with van der Waals surface area (Å²) >= 11 is 0. The maximum Gasteiger partial charge on any atom is 0.251 e. The minimum atomic E-state index is 0.0830. The molecule has 1 N–H and O–H groups in total. The van der Waals surface area contributed by atoms with Gasteiger partial charge in [-0.3, -0.25) is 14.6 Å². The van der Waals surface area contributed by atoms with Gasteiger partial charge in [0.15, 0.2) is 0 Å². The first-order chi connectivity index (χ1) is 18.7. The predicted octanol–water partition coefficient (Wildman–Crippen LogP) is 6.91. The van der Waals surface area contributed by atoms with Crippen molar-refractivity contribution in [3.63, 3.8) is 0 Å². The van der Waals surface area contributed by atoms with Crippen molar-refractivity contribution in [2.24, 2.45) is 0 Å². The number of benzene rings is 2. The van der Waals surface area contributed by atoms with Gasteiger partial charge in [0.25, 0.3) is 5.91 Å². The summed E-state index contributed by atoms with van der Waals surface area (Å²) in [5.41, 5.74) is 4.86. The second-order valence-corrected chi connectivity index (χ2v) is 11.8. The zero-order valence-electron chi connectivity index (χ0n) is 23.4. The fraction of sp³-hybridized carbons (Fsp3) is 0.559. The lowest BCUT2D eigenvalue weighted by atomic mass is 9.87. The molecular formula is C34H47N3O. The molecule has 0 spiro atoms. The van der Waals surface area contributed by atoms with E-state index in [1.54, 1.807) is 0 Å². The van der Waals surface area contributed by atoms with Crippen molar-refractivity contribution in [2.75, 3.05) is 19.6 Å². The highest BCUT2D eigenvalue weighted by Gasteiger charge is 2.39. The van der Waals surface area contributed by atoms with Gasteiger partial charge in [-0.1, -0.05) is 81.5 Å². The number of rotatable bonds is 8. The highest BCUT2D eigenvalue weighted by Crippen LogP contribution is 2.40. The van der Waals surface area contributed by atoms with Crippen LogP contribution < -0.4 is 5.32 Å². The third kappa shape index (κ3) is 6.40. The number of carbonyl (C=O) groups is 1. The van der Waals surface area contributed by atoms with Crippen LogP contribution in [0.1, 0.15) is 104 Å². The van der Waals surface area contributed by atoms with Gasteiger partial charge >= 0.3 is 0 Å². The molecule has 1 amide bonds. The van der Waals surface area contributed by atoms with E-state index in [0.717, 1.165) is 44.5 Å². The minimum Gasteiger partial charge on any atom is -0.349 e. The molecule has 1 saturated carbocycles. The lowest BCUT2D eigenvalue weighted by Crippen LogP contribution is -2.50. The Bertz CT molecular complexity index is 1060. The zero-order chi connectivity index (χ0) is 26.3. The third-order valence-corrected chi connectivity index (χ3v) is 9.20. The molecule has 2 aliphatic heterocycles. The maximum absolute atomic E-state index is 13.1. The average molecular weight is 514 g/mol. The molecule has 38 heavy (non-hydrogen) atoms. The van der Waals surface area contributed by atoms with Crippen molar-refractivity contribution >= 4 is 5.91 Å². The van der Waals surface area contributed by atoms with Crippen LogP contribution in [0.25, 0.3) is 0 Å². The number of aryl methyl sites for hydroxylation is 1. The molecule has 2 bridgehead atoms. The number of nitrogens with zero attached hydrogens (tertiary/aromatic N) is 2. The van der Waals surface area contributed by atoms with Crippen LogP contribution in [0, 0.1) is 0 Å². The van der Waals surface area contributed by atoms with E-state index in [9.17, 15) is 4.79 Å². The monoisotopic (exact) mass is 513 g/mol. The number of piperidine rings is 1. The van der Waals surface area contributed by atoms with Gasteiger partial charge in [0, 0.05) is 43.3 Å². The molecule has 3 atom stereocenters. The van der Waals surface area contributed by atoms with E-state index in [-0.39, 0.29) is 11.9 Å². The van der Waals surface area contributed by atoms with E-state index in [0.29, 0.717) is 18.1 Å². The molecule has 3 unspecified atom stereocenters. The molecule has 2 saturated heterocycles. The van der Waals surface area contributed by atoms with Crippen molar-refractivity contribution in [1.29, 1.82) is 0 Å². The van der Waals surface area contributed by atoms with Crippen LogP contribution in [-0.4, -0.2) is 53.5 Å². The minimum absolute atomic E-state index is 0.0830. The second-order valence-electron chi connectivity index (χ2n) is 11.8. The topological polar surface area (TPSA) is 35.6 Å². The second kappa shape index (κ2) is 13.1. The molecule has 4 nitrogen and oxygen atoms in total. The number of hydrogen-bond donors (Lipinski definition) is 1. The normalized spacial score (nSPS) is 24.2. The van der Waals surface area contributed by atoms with Gasteiger partial charge in [0.1, 0.15) is 0 Å². The summed E-state index contributed by atoms with van der Waals surface area (Å²) in [7, 11) is 0. The number of nitrogens with one attached hydrogen (secondary N) is 1. The van der Waals surface area contributed by atoms with Gasteiger partial charge in [-0.25, -0.2) is 0 Å². The SMILES string of the molecule is C=CCN1CCC2CCCC(C1)N2C(c1ccc(C(=O)NC2CCCCCC2)cc1)c1cccc(CC)c1. The molecular weight excluding hydrogens is 466 g/mol. The Balaban J connectivity index is 1.44. The Morgan fingerprint density at radius 3 is 2.45 bits per heavy atom. The van der Waals surface area contributed by atoms with E-state index in [2.05, 4.69) is 83.2 Å². The summed E-state index contributed by atoms with van der Waals surface area (Å²) in [5, 5.41) is 3.33. The first-order valence-corrected chi connectivity index (χ1v) is 15.3. The summed E-state index contributed by atoms with van der Waals surface area (Å²) in [5.74, 6) is 0.0830. The Morgan fingerprint density at radius 2 is 1.71 bits per heavy atom. The number of fused-ring (bicyclic) bond motifs is 2. The maximum atomic E-state index is 13.1. The first kappa shape index (κ1) is 27.1. The highest BCUT2D eigenvalue weighted by atomic mass is 16.1. The zero-order valence-corrected chi connectivity index (χ0v) is 23.4. The van der Waals surface area contributed by atoms with E-state index in [1.165, 1.54) is 68.1 Å². The lowest BCUT2D eigenvalue weighted by molar-refractivity contribution is 0.0563. The molecule has 0 aromatic heterocycles. The number of amides is 1. The number of hydrogen-bond acceptors (Lipinski definition) is 3. The molecule has 204 valence electrons. The lowest BCUT2D eigenvalue weighted by Gasteiger charge is -2.46. The Kier molecular flexibility index (Phi) is 9.35. The Hall–Kier alpha value is -2.43. The molecule has 3 aliphatic rings. The van der Waals surface area contributed by atoms with Crippen LogP contribution in [0.3, 0.4) is 0 Å². The van der Waals surface area contributed by atoms with Crippen molar-refractivity contribution in [3.8, 4) is 0 Å².